The number of halogens is 6. The predicted molar refractivity (Wildman–Crippen MR) is 137 cm³/mol. The molecule has 4 aromatic carbocycles. The molecule has 0 fully saturated rings. The Kier molecular flexibility index (Phi) is 5.99. The van der Waals surface area contributed by atoms with Crippen molar-refractivity contribution in [2.24, 2.45) is 5.92 Å². The topological polar surface area (TPSA) is 80.7 Å². The molecular weight excluding hydrogens is 574 g/mol. The molecule has 2 bridgehead atoms. The molecule has 4 aromatic rings. The Morgan fingerprint density at radius 1 is 0.756 bits per heavy atom. The first-order valence-electron chi connectivity index (χ1n) is 12.5. The minimum absolute atomic E-state index is 0.155. The van der Waals surface area contributed by atoms with E-state index in [2.05, 4.69) is 4.74 Å². The lowest BCUT2D eigenvalue weighted by atomic mass is 9.58. The van der Waals surface area contributed by atoms with Gasteiger partial charge in [-0.05, 0) is 50.2 Å². The number of alkyl halides is 6. The number of esters is 1. The van der Waals surface area contributed by atoms with Gasteiger partial charge in [-0.15, -0.1) is 0 Å². The summed E-state index contributed by atoms with van der Waals surface area (Å²) in [5.41, 5.74) is -2.71. The van der Waals surface area contributed by atoms with Gasteiger partial charge in [0.05, 0.1) is 5.92 Å². The van der Waals surface area contributed by atoms with Gasteiger partial charge in [0, 0.05) is 11.8 Å². The summed E-state index contributed by atoms with van der Waals surface area (Å²) < 4.78 is 120. The van der Waals surface area contributed by atoms with Crippen LogP contribution in [0.4, 0.5) is 26.3 Å². The number of carbonyl (C=O) groups excluding carboxylic acids is 1. The van der Waals surface area contributed by atoms with Crippen LogP contribution in [0.3, 0.4) is 0 Å². The van der Waals surface area contributed by atoms with E-state index in [-0.39, 0.29) is 6.42 Å². The van der Waals surface area contributed by atoms with Crippen LogP contribution in [0.25, 0.3) is 21.5 Å². The smallest absolute Gasteiger partial charge is 0.438 e. The van der Waals surface area contributed by atoms with Gasteiger partial charge in [-0.1, -0.05) is 72.8 Å². The largest absolute Gasteiger partial charge is 0.438 e. The molecule has 0 aromatic heterocycles. The summed E-state index contributed by atoms with van der Waals surface area (Å²) >= 11 is 0. The van der Waals surface area contributed by atoms with Gasteiger partial charge in [0.2, 0.25) is 0 Å². The third-order valence-electron chi connectivity index (χ3n) is 8.09. The highest BCUT2D eigenvalue weighted by Gasteiger charge is 2.76. The summed E-state index contributed by atoms with van der Waals surface area (Å²) in [6.45, 7) is 0. The van der Waals surface area contributed by atoms with Crippen LogP contribution in [0, 0.1) is 5.92 Å². The maximum absolute atomic E-state index is 14.0. The molecule has 7 rings (SSSR count). The Morgan fingerprint density at radius 2 is 1.15 bits per heavy atom. The summed E-state index contributed by atoms with van der Waals surface area (Å²) in [4.78, 5) is 13.4. The van der Waals surface area contributed by atoms with Crippen LogP contribution in [0.5, 0.6) is 0 Å². The van der Waals surface area contributed by atoms with Crippen molar-refractivity contribution in [1.29, 1.82) is 0 Å². The average Bonchev–Trinajstić information content (AvgIpc) is 2.88. The molecular formula is C29H20F6O5S. The lowest BCUT2D eigenvalue weighted by Crippen LogP contribution is -2.64. The number of benzene rings is 4. The van der Waals surface area contributed by atoms with E-state index in [9.17, 15) is 39.6 Å². The van der Waals surface area contributed by atoms with E-state index in [4.69, 9.17) is 4.55 Å². The second-order valence-corrected chi connectivity index (χ2v) is 12.0. The number of hydrogen-bond donors (Lipinski definition) is 1. The van der Waals surface area contributed by atoms with Crippen molar-refractivity contribution in [3.8, 4) is 0 Å². The fourth-order valence-corrected chi connectivity index (χ4v) is 7.21. The third-order valence-corrected chi connectivity index (χ3v) is 8.87. The minimum atomic E-state index is -6.40. The van der Waals surface area contributed by atoms with E-state index in [0.29, 0.717) is 11.1 Å². The van der Waals surface area contributed by atoms with Gasteiger partial charge in [-0.3, -0.25) is 9.35 Å². The first kappa shape index (κ1) is 27.5. The molecule has 0 spiro atoms. The van der Waals surface area contributed by atoms with E-state index < -0.39 is 57.5 Å². The number of fused-ring (bicyclic) bond motifs is 3. The van der Waals surface area contributed by atoms with Crippen LogP contribution < -0.4 is 0 Å². The van der Waals surface area contributed by atoms with Crippen molar-refractivity contribution < 1.29 is 48.8 Å². The van der Waals surface area contributed by atoms with Crippen molar-refractivity contribution in [2.75, 3.05) is 5.75 Å². The molecule has 41 heavy (non-hydrogen) atoms. The van der Waals surface area contributed by atoms with Gasteiger partial charge in [0.15, 0.2) is 0 Å². The van der Waals surface area contributed by atoms with E-state index >= 15 is 0 Å². The van der Waals surface area contributed by atoms with Gasteiger partial charge in [-0.25, -0.2) is 0 Å². The zero-order chi connectivity index (χ0) is 29.5. The van der Waals surface area contributed by atoms with E-state index in [1.165, 1.54) is 0 Å². The Hall–Kier alpha value is -3.64. The molecule has 0 aliphatic heterocycles. The quantitative estimate of drug-likeness (QED) is 0.158. The molecule has 0 heterocycles. The van der Waals surface area contributed by atoms with Gasteiger partial charge >= 0.3 is 23.9 Å². The first-order chi connectivity index (χ1) is 19.1. The molecule has 214 valence electrons. The lowest BCUT2D eigenvalue weighted by molar-refractivity contribution is -0.362. The minimum Gasteiger partial charge on any atom is -0.438 e. The predicted octanol–water partition coefficient (Wildman–Crippen LogP) is 6.88. The Bertz CT molecular complexity index is 1730. The third kappa shape index (κ3) is 4.35. The summed E-state index contributed by atoms with van der Waals surface area (Å²) in [5.74, 6) is -7.77. The first-order valence-corrected chi connectivity index (χ1v) is 14.1. The van der Waals surface area contributed by atoms with Crippen LogP contribution in [-0.4, -0.2) is 42.6 Å². The second-order valence-electron chi connectivity index (χ2n) is 10.5. The van der Waals surface area contributed by atoms with Crippen LogP contribution in [0.1, 0.15) is 40.5 Å². The summed E-state index contributed by atoms with van der Waals surface area (Å²) in [6, 6.07) is 22.0. The average molecular weight is 595 g/mol. The summed E-state index contributed by atoms with van der Waals surface area (Å²) in [5, 5.41) is 3.28. The van der Waals surface area contributed by atoms with Crippen LogP contribution >= 0.6 is 0 Å². The van der Waals surface area contributed by atoms with E-state index in [1.807, 2.05) is 36.4 Å². The van der Waals surface area contributed by atoms with Crippen LogP contribution in [0.15, 0.2) is 72.8 Å². The van der Waals surface area contributed by atoms with Crippen molar-refractivity contribution in [2.45, 2.75) is 36.2 Å². The SMILES string of the molecule is O=C(OC(CS(=O)(=O)O)(C(F)(F)F)C(F)(F)F)C1CC2c3cc4ccccc4cc3C1c1cc3ccccc3cc12. The highest BCUT2D eigenvalue weighted by atomic mass is 32.2. The molecule has 0 radical (unpaired) electrons. The Morgan fingerprint density at radius 3 is 1.51 bits per heavy atom. The fourth-order valence-electron chi connectivity index (χ4n) is 6.31. The molecule has 0 saturated heterocycles. The molecule has 0 saturated carbocycles. The molecule has 0 amide bonds. The zero-order valence-electron chi connectivity index (χ0n) is 20.8. The van der Waals surface area contributed by atoms with Crippen LogP contribution in [-0.2, 0) is 19.6 Å². The molecule has 1 N–H and O–H groups in total. The highest BCUT2D eigenvalue weighted by Crippen LogP contribution is 2.58. The summed E-state index contributed by atoms with van der Waals surface area (Å²) in [6.07, 6.45) is -12.9. The van der Waals surface area contributed by atoms with Crippen LogP contribution in [0.2, 0.25) is 0 Å². The molecule has 1 atom stereocenters. The number of ether oxygens (including phenoxy) is 1. The number of rotatable bonds is 4. The normalized spacial score (nSPS) is 20.6. The lowest BCUT2D eigenvalue weighted by Gasteiger charge is -2.46. The highest BCUT2D eigenvalue weighted by molar-refractivity contribution is 7.85. The molecule has 1 unspecified atom stereocenters. The van der Waals surface area contributed by atoms with E-state index in [0.717, 1.165) is 32.7 Å². The second kappa shape index (κ2) is 8.93. The standard InChI is InChI=1S/C29H20F6O5S/c30-28(31,32)27(29(33,34)35,14-41(37,38)39)40-26(36)24-13-21-19-9-15-5-1-3-7-17(15)11-22(19)25(24)23-12-18-8-4-2-6-16(18)10-20(21)23/h1-12,21,24-25H,13-14H2,(H,37,38,39). The monoisotopic (exact) mass is 594 g/mol. The Balaban J connectivity index is 1.52. The van der Waals surface area contributed by atoms with Crippen molar-refractivity contribution in [3.05, 3.63) is 95.1 Å². The van der Waals surface area contributed by atoms with Gasteiger partial charge in [0.25, 0.3) is 10.1 Å². The molecule has 12 heteroatoms. The number of carbonyl (C=O) groups is 1. The van der Waals surface area contributed by atoms with Gasteiger partial charge in [0.1, 0.15) is 5.75 Å². The molecule has 3 aliphatic carbocycles. The zero-order valence-corrected chi connectivity index (χ0v) is 21.6. The Labute approximate surface area is 229 Å². The molecule has 5 nitrogen and oxygen atoms in total. The summed E-state index contributed by atoms with van der Waals surface area (Å²) in [7, 11) is -5.90. The maximum atomic E-state index is 14.0. The van der Waals surface area contributed by atoms with Crippen molar-refractivity contribution in [1.82, 2.24) is 0 Å². The van der Waals surface area contributed by atoms with E-state index in [1.54, 1.807) is 36.4 Å². The fraction of sp³-hybridized carbons (Fsp3) is 0.276. The van der Waals surface area contributed by atoms with Gasteiger partial charge in [-0.2, -0.15) is 34.8 Å². The molecule has 3 aliphatic rings. The van der Waals surface area contributed by atoms with Crippen molar-refractivity contribution >= 4 is 37.6 Å². The van der Waals surface area contributed by atoms with Crippen molar-refractivity contribution in [3.63, 3.8) is 0 Å². The number of hydrogen-bond acceptors (Lipinski definition) is 4. The maximum Gasteiger partial charge on any atom is 0.438 e. The van der Waals surface area contributed by atoms with Gasteiger partial charge < -0.3 is 4.74 Å².